The summed E-state index contributed by atoms with van der Waals surface area (Å²) in [4.78, 5) is 0. The molecule has 0 aliphatic rings. The van der Waals surface area contributed by atoms with Crippen LogP contribution in [0.1, 0.15) is 37.8 Å². The number of aryl methyl sites for hydroxylation is 1. The van der Waals surface area contributed by atoms with E-state index in [1.165, 1.54) is 6.07 Å². The van der Waals surface area contributed by atoms with Gasteiger partial charge in [-0.25, -0.2) is 8.42 Å². The maximum Gasteiger partial charge on any atom is 0.238 e. The molecule has 2 aromatic rings. The zero-order valence-corrected chi connectivity index (χ0v) is 14.9. The van der Waals surface area contributed by atoms with E-state index in [4.69, 9.17) is 16.1 Å². The van der Waals surface area contributed by atoms with Crippen LogP contribution in [0.15, 0.2) is 22.7 Å². The van der Waals surface area contributed by atoms with E-state index in [0.29, 0.717) is 22.0 Å². The molecule has 0 bridgehead atoms. The SMILES string of the molecule is Cc1cc(Cl)cc(NS(=O)(=O)Cc2cc(C(C)(C)C)on2)c1O. The van der Waals surface area contributed by atoms with Crippen molar-refractivity contribution in [3.05, 3.63) is 40.2 Å². The Bertz CT molecular complexity index is 822. The summed E-state index contributed by atoms with van der Waals surface area (Å²) in [5, 5.41) is 14.1. The standard InChI is InChI=1S/C15H19ClN2O4S/c1-9-5-10(16)6-12(14(9)19)18-23(20,21)8-11-7-13(22-17-11)15(2,3)4/h5-7,18-19H,8H2,1-4H3. The van der Waals surface area contributed by atoms with Crippen LogP contribution < -0.4 is 4.72 Å². The molecule has 0 saturated carbocycles. The quantitative estimate of drug-likeness (QED) is 0.815. The van der Waals surface area contributed by atoms with Crippen molar-refractivity contribution < 1.29 is 18.0 Å². The molecular formula is C15H19ClN2O4S. The van der Waals surface area contributed by atoms with Gasteiger partial charge in [0, 0.05) is 16.5 Å². The second-order valence-electron chi connectivity index (χ2n) is 6.41. The van der Waals surface area contributed by atoms with Crippen molar-refractivity contribution >= 4 is 27.3 Å². The fourth-order valence-electron chi connectivity index (χ4n) is 1.94. The van der Waals surface area contributed by atoms with Gasteiger partial charge in [-0.05, 0) is 24.6 Å². The second kappa shape index (κ2) is 6.05. The Morgan fingerprint density at radius 3 is 2.52 bits per heavy atom. The minimum absolute atomic E-state index is 0.0366. The number of aromatic nitrogens is 1. The predicted octanol–water partition coefficient (Wildman–Crippen LogP) is 3.58. The fraction of sp³-hybridized carbons (Fsp3) is 0.400. The highest BCUT2D eigenvalue weighted by atomic mass is 35.5. The summed E-state index contributed by atoms with van der Waals surface area (Å²) >= 11 is 5.89. The average Bonchev–Trinajstić information content (AvgIpc) is 2.82. The largest absolute Gasteiger partial charge is 0.505 e. The Kier molecular flexibility index (Phi) is 4.64. The molecule has 6 nitrogen and oxygen atoms in total. The third-order valence-electron chi connectivity index (χ3n) is 3.17. The first-order valence-electron chi connectivity index (χ1n) is 6.93. The first kappa shape index (κ1) is 17.6. The monoisotopic (exact) mass is 358 g/mol. The molecule has 0 aliphatic carbocycles. The lowest BCUT2D eigenvalue weighted by atomic mass is 9.93. The van der Waals surface area contributed by atoms with Crippen LogP contribution in [0.2, 0.25) is 5.02 Å². The minimum Gasteiger partial charge on any atom is -0.505 e. The summed E-state index contributed by atoms with van der Waals surface area (Å²) in [6.45, 7) is 7.46. The highest BCUT2D eigenvalue weighted by Crippen LogP contribution is 2.32. The Balaban J connectivity index is 2.22. The van der Waals surface area contributed by atoms with Crippen LogP contribution in [0, 0.1) is 6.92 Å². The maximum absolute atomic E-state index is 12.3. The molecule has 0 radical (unpaired) electrons. The van der Waals surface area contributed by atoms with Crippen molar-refractivity contribution in [3.8, 4) is 5.75 Å². The number of anilines is 1. The zero-order valence-electron chi connectivity index (χ0n) is 13.3. The normalized spacial score (nSPS) is 12.4. The topological polar surface area (TPSA) is 92.4 Å². The number of hydrogen-bond donors (Lipinski definition) is 2. The van der Waals surface area contributed by atoms with Crippen LogP contribution in [0.25, 0.3) is 0 Å². The van der Waals surface area contributed by atoms with Gasteiger partial charge in [-0.3, -0.25) is 4.72 Å². The zero-order chi connectivity index (χ0) is 17.4. The molecular weight excluding hydrogens is 340 g/mol. The number of halogens is 1. The molecule has 23 heavy (non-hydrogen) atoms. The third kappa shape index (κ3) is 4.39. The lowest BCUT2D eigenvalue weighted by Crippen LogP contribution is -2.15. The molecule has 2 N–H and O–H groups in total. The number of nitrogens with one attached hydrogen (secondary N) is 1. The van der Waals surface area contributed by atoms with Gasteiger partial charge < -0.3 is 9.63 Å². The summed E-state index contributed by atoms with van der Waals surface area (Å²) in [5.41, 5.74) is 0.548. The summed E-state index contributed by atoms with van der Waals surface area (Å²) in [6, 6.07) is 4.51. The summed E-state index contributed by atoms with van der Waals surface area (Å²) in [5.74, 6) is 0.0788. The van der Waals surface area contributed by atoms with Gasteiger partial charge in [0.05, 0.1) is 5.69 Å². The molecule has 126 valence electrons. The van der Waals surface area contributed by atoms with Crippen molar-refractivity contribution in [2.24, 2.45) is 0 Å². The van der Waals surface area contributed by atoms with E-state index < -0.39 is 10.0 Å². The number of phenolic OH excluding ortho intramolecular Hbond substituents is 1. The molecule has 0 aliphatic heterocycles. The van der Waals surface area contributed by atoms with Crippen LogP contribution in [-0.2, 0) is 21.2 Å². The average molecular weight is 359 g/mol. The molecule has 1 heterocycles. The molecule has 0 fully saturated rings. The summed E-state index contributed by atoms with van der Waals surface area (Å²) < 4.78 is 32.0. The first-order valence-corrected chi connectivity index (χ1v) is 8.96. The summed E-state index contributed by atoms with van der Waals surface area (Å²) in [6.07, 6.45) is 0. The smallest absolute Gasteiger partial charge is 0.238 e. The van der Waals surface area contributed by atoms with E-state index >= 15 is 0 Å². The number of sulfonamides is 1. The van der Waals surface area contributed by atoms with Crippen molar-refractivity contribution in [3.63, 3.8) is 0 Å². The number of rotatable bonds is 4. The van der Waals surface area contributed by atoms with Crippen LogP contribution >= 0.6 is 11.6 Å². The van der Waals surface area contributed by atoms with Crippen LogP contribution in [0.3, 0.4) is 0 Å². The fourth-order valence-corrected chi connectivity index (χ4v) is 3.31. The van der Waals surface area contributed by atoms with Crippen molar-refractivity contribution in [2.75, 3.05) is 4.72 Å². The Morgan fingerprint density at radius 1 is 1.30 bits per heavy atom. The molecule has 8 heteroatoms. The van der Waals surface area contributed by atoms with Gasteiger partial charge in [0.2, 0.25) is 10.0 Å². The molecule has 2 rings (SSSR count). The van der Waals surface area contributed by atoms with E-state index in [-0.39, 0.29) is 22.6 Å². The second-order valence-corrected chi connectivity index (χ2v) is 8.57. The number of phenols is 1. The molecule has 0 atom stereocenters. The van der Waals surface area contributed by atoms with Crippen molar-refractivity contribution in [2.45, 2.75) is 38.9 Å². The molecule has 1 aromatic carbocycles. The lowest BCUT2D eigenvalue weighted by molar-refractivity contribution is 0.327. The van der Waals surface area contributed by atoms with Gasteiger partial charge >= 0.3 is 0 Å². The van der Waals surface area contributed by atoms with E-state index in [1.54, 1.807) is 19.1 Å². The number of hydrogen-bond acceptors (Lipinski definition) is 5. The number of aromatic hydroxyl groups is 1. The highest BCUT2D eigenvalue weighted by molar-refractivity contribution is 7.91. The molecule has 1 aromatic heterocycles. The Morgan fingerprint density at radius 2 is 1.96 bits per heavy atom. The van der Waals surface area contributed by atoms with Crippen LogP contribution in [0.4, 0.5) is 5.69 Å². The Hall–Kier alpha value is -1.73. The van der Waals surface area contributed by atoms with E-state index in [9.17, 15) is 13.5 Å². The van der Waals surface area contributed by atoms with E-state index in [2.05, 4.69) is 9.88 Å². The lowest BCUT2D eigenvalue weighted by Gasteiger charge is -2.12. The van der Waals surface area contributed by atoms with Gasteiger partial charge in [0.1, 0.15) is 23.0 Å². The van der Waals surface area contributed by atoms with Gasteiger partial charge in [0.15, 0.2) is 0 Å². The molecule has 0 amide bonds. The predicted molar refractivity (Wildman–Crippen MR) is 89.3 cm³/mol. The molecule has 0 unspecified atom stereocenters. The van der Waals surface area contributed by atoms with Crippen LogP contribution in [-0.4, -0.2) is 18.7 Å². The molecule has 0 spiro atoms. The van der Waals surface area contributed by atoms with E-state index in [0.717, 1.165) is 0 Å². The minimum atomic E-state index is -3.77. The van der Waals surface area contributed by atoms with Crippen LogP contribution in [0.5, 0.6) is 5.75 Å². The first-order chi connectivity index (χ1) is 10.5. The van der Waals surface area contributed by atoms with Crippen molar-refractivity contribution in [1.29, 1.82) is 0 Å². The van der Waals surface area contributed by atoms with Gasteiger partial charge in [-0.1, -0.05) is 37.5 Å². The van der Waals surface area contributed by atoms with Gasteiger partial charge in [0.25, 0.3) is 0 Å². The maximum atomic E-state index is 12.3. The number of benzene rings is 1. The number of nitrogens with zero attached hydrogens (tertiary/aromatic N) is 1. The van der Waals surface area contributed by atoms with Gasteiger partial charge in [-0.15, -0.1) is 0 Å². The molecule has 0 saturated heterocycles. The third-order valence-corrected chi connectivity index (χ3v) is 4.59. The highest BCUT2D eigenvalue weighted by Gasteiger charge is 2.23. The Labute approximate surface area is 140 Å². The summed E-state index contributed by atoms with van der Waals surface area (Å²) in [7, 11) is -3.77. The van der Waals surface area contributed by atoms with Crippen molar-refractivity contribution in [1.82, 2.24) is 5.16 Å². The van der Waals surface area contributed by atoms with E-state index in [1.807, 2.05) is 20.8 Å². The van der Waals surface area contributed by atoms with Gasteiger partial charge in [-0.2, -0.15) is 0 Å².